The number of halogens is 1. The van der Waals surface area contributed by atoms with Crippen LogP contribution in [0.15, 0.2) is 12.7 Å². The molecule has 0 radical (unpaired) electrons. The summed E-state index contributed by atoms with van der Waals surface area (Å²) in [6.45, 7) is 5.18. The Hall–Kier alpha value is -0.100. The van der Waals surface area contributed by atoms with E-state index in [-0.39, 0.29) is 29.9 Å². The largest absolute Gasteiger partial charge is 1.00 e. The molecule has 0 saturated carbocycles. The van der Waals surface area contributed by atoms with Gasteiger partial charge in [-0.2, -0.15) is 0 Å². The SMILES string of the molecule is C=CC(=O)NCCC[N+](C)(C)C.[I-]. The van der Waals surface area contributed by atoms with E-state index < -0.39 is 0 Å². The van der Waals surface area contributed by atoms with Crippen LogP contribution in [0.25, 0.3) is 0 Å². The molecule has 0 aromatic rings. The summed E-state index contributed by atoms with van der Waals surface area (Å²) in [6, 6.07) is 0. The molecule has 4 heteroatoms. The Morgan fingerprint density at radius 1 is 1.46 bits per heavy atom. The van der Waals surface area contributed by atoms with Crippen molar-refractivity contribution >= 4 is 5.91 Å². The van der Waals surface area contributed by atoms with Crippen LogP contribution in [-0.4, -0.2) is 44.6 Å². The molecule has 0 atom stereocenters. The van der Waals surface area contributed by atoms with E-state index in [0.29, 0.717) is 0 Å². The fourth-order valence-electron chi connectivity index (χ4n) is 0.837. The van der Waals surface area contributed by atoms with Crippen LogP contribution >= 0.6 is 0 Å². The number of nitrogens with one attached hydrogen (secondary N) is 1. The Kier molecular flexibility index (Phi) is 8.65. The van der Waals surface area contributed by atoms with E-state index in [1.165, 1.54) is 6.08 Å². The van der Waals surface area contributed by atoms with Gasteiger partial charge in [-0.15, -0.1) is 0 Å². The van der Waals surface area contributed by atoms with Gasteiger partial charge in [0.1, 0.15) is 0 Å². The summed E-state index contributed by atoms with van der Waals surface area (Å²) in [5.74, 6) is -0.0867. The van der Waals surface area contributed by atoms with E-state index >= 15 is 0 Å². The van der Waals surface area contributed by atoms with Gasteiger partial charge in [-0.25, -0.2) is 0 Å². The van der Waals surface area contributed by atoms with Gasteiger partial charge in [0.15, 0.2) is 0 Å². The summed E-state index contributed by atoms with van der Waals surface area (Å²) in [4.78, 5) is 10.7. The Balaban J connectivity index is 0. The topological polar surface area (TPSA) is 29.1 Å². The first-order chi connectivity index (χ1) is 5.45. The number of carbonyl (C=O) groups is 1. The summed E-state index contributed by atoms with van der Waals surface area (Å²) in [6.07, 6.45) is 2.30. The lowest BCUT2D eigenvalue weighted by Crippen LogP contribution is -3.00. The molecule has 0 aromatic heterocycles. The number of rotatable bonds is 5. The molecule has 78 valence electrons. The summed E-state index contributed by atoms with van der Waals surface area (Å²) in [5.41, 5.74) is 0. The molecule has 3 nitrogen and oxygen atoms in total. The molecule has 0 heterocycles. The van der Waals surface area contributed by atoms with Gasteiger partial charge in [0, 0.05) is 13.0 Å². The Morgan fingerprint density at radius 2 is 2.00 bits per heavy atom. The predicted molar refractivity (Wildman–Crippen MR) is 50.7 cm³/mol. The van der Waals surface area contributed by atoms with Gasteiger partial charge in [-0.05, 0) is 6.08 Å². The fourth-order valence-corrected chi connectivity index (χ4v) is 0.837. The lowest BCUT2D eigenvalue weighted by molar-refractivity contribution is -0.870. The summed E-state index contributed by atoms with van der Waals surface area (Å²) >= 11 is 0. The van der Waals surface area contributed by atoms with Gasteiger partial charge in [0.25, 0.3) is 0 Å². The second-order valence-electron chi connectivity index (χ2n) is 3.86. The molecule has 0 fully saturated rings. The highest BCUT2D eigenvalue weighted by atomic mass is 127. The first-order valence-corrected chi connectivity index (χ1v) is 4.16. The lowest BCUT2D eigenvalue weighted by atomic mass is 10.3. The average Bonchev–Trinajstić information content (AvgIpc) is 1.96. The van der Waals surface area contributed by atoms with Crippen LogP contribution in [0.1, 0.15) is 6.42 Å². The van der Waals surface area contributed by atoms with Crippen molar-refractivity contribution in [1.29, 1.82) is 0 Å². The third kappa shape index (κ3) is 11.9. The third-order valence-corrected chi connectivity index (χ3v) is 1.49. The number of amides is 1. The molecule has 0 aliphatic carbocycles. The Bertz CT molecular complexity index is 163. The number of hydrogen-bond donors (Lipinski definition) is 1. The summed E-state index contributed by atoms with van der Waals surface area (Å²) in [7, 11) is 6.40. The molecule has 0 aromatic carbocycles. The Morgan fingerprint density at radius 3 is 2.38 bits per heavy atom. The van der Waals surface area contributed by atoms with Crippen molar-refractivity contribution in [2.24, 2.45) is 0 Å². The molecule has 0 spiro atoms. The molecular weight excluding hydrogens is 279 g/mol. The van der Waals surface area contributed by atoms with Gasteiger partial charge >= 0.3 is 0 Å². The Labute approximate surface area is 97.8 Å². The van der Waals surface area contributed by atoms with Crippen molar-refractivity contribution in [1.82, 2.24) is 5.32 Å². The average molecular weight is 298 g/mol. The summed E-state index contributed by atoms with van der Waals surface area (Å²) in [5, 5.41) is 2.74. The van der Waals surface area contributed by atoms with E-state index in [1.54, 1.807) is 0 Å². The molecule has 0 aliphatic rings. The molecule has 0 bridgehead atoms. The lowest BCUT2D eigenvalue weighted by Gasteiger charge is -2.23. The monoisotopic (exact) mass is 298 g/mol. The molecule has 0 rings (SSSR count). The van der Waals surface area contributed by atoms with E-state index in [4.69, 9.17) is 0 Å². The van der Waals surface area contributed by atoms with Crippen molar-refractivity contribution < 1.29 is 33.3 Å². The molecule has 1 amide bonds. The van der Waals surface area contributed by atoms with Gasteiger partial charge in [-0.1, -0.05) is 6.58 Å². The van der Waals surface area contributed by atoms with Crippen LogP contribution in [0.5, 0.6) is 0 Å². The maximum absolute atomic E-state index is 10.7. The summed E-state index contributed by atoms with van der Waals surface area (Å²) < 4.78 is 0.934. The first-order valence-electron chi connectivity index (χ1n) is 4.16. The molecule has 13 heavy (non-hydrogen) atoms. The van der Waals surface area contributed by atoms with Crippen molar-refractivity contribution in [2.75, 3.05) is 34.2 Å². The quantitative estimate of drug-likeness (QED) is 0.256. The maximum atomic E-state index is 10.7. The number of nitrogens with zero attached hydrogens (tertiary/aromatic N) is 1. The highest BCUT2D eigenvalue weighted by molar-refractivity contribution is 5.86. The van der Waals surface area contributed by atoms with E-state index in [0.717, 1.165) is 24.0 Å². The third-order valence-electron chi connectivity index (χ3n) is 1.49. The highest BCUT2D eigenvalue weighted by Gasteiger charge is 2.05. The number of hydrogen-bond acceptors (Lipinski definition) is 1. The van der Waals surface area contributed by atoms with Crippen molar-refractivity contribution in [2.45, 2.75) is 6.42 Å². The minimum atomic E-state index is -0.0867. The van der Waals surface area contributed by atoms with Crippen molar-refractivity contribution in [3.63, 3.8) is 0 Å². The molecule has 1 N–H and O–H groups in total. The fraction of sp³-hybridized carbons (Fsp3) is 0.667. The second-order valence-corrected chi connectivity index (χ2v) is 3.86. The van der Waals surface area contributed by atoms with Gasteiger partial charge in [0.05, 0.1) is 27.7 Å². The van der Waals surface area contributed by atoms with Gasteiger partial charge in [-0.3, -0.25) is 4.79 Å². The van der Waals surface area contributed by atoms with Crippen LogP contribution in [0.3, 0.4) is 0 Å². The number of carbonyl (C=O) groups excluding carboxylic acids is 1. The van der Waals surface area contributed by atoms with Crippen LogP contribution in [0.2, 0.25) is 0 Å². The van der Waals surface area contributed by atoms with Crippen LogP contribution in [-0.2, 0) is 4.79 Å². The van der Waals surface area contributed by atoms with Gasteiger partial charge < -0.3 is 33.8 Å². The molecule has 0 saturated heterocycles. The normalized spacial score (nSPS) is 10.1. The standard InChI is InChI=1S/C9H18N2O.HI/c1-5-9(12)10-7-6-8-11(2,3)4;/h5H,1,6-8H2,2-4H3;1H. The minimum absolute atomic E-state index is 0. The zero-order chi connectivity index (χ0) is 9.61. The van der Waals surface area contributed by atoms with Crippen LogP contribution in [0, 0.1) is 0 Å². The smallest absolute Gasteiger partial charge is 0.243 e. The molecule has 0 unspecified atom stereocenters. The zero-order valence-electron chi connectivity index (χ0n) is 8.64. The zero-order valence-corrected chi connectivity index (χ0v) is 10.8. The van der Waals surface area contributed by atoms with E-state index in [2.05, 4.69) is 33.0 Å². The van der Waals surface area contributed by atoms with Crippen LogP contribution < -0.4 is 29.3 Å². The minimum Gasteiger partial charge on any atom is -1.00 e. The van der Waals surface area contributed by atoms with Gasteiger partial charge in [0.2, 0.25) is 5.91 Å². The predicted octanol–water partition coefficient (Wildman–Crippen LogP) is -2.61. The molecule has 0 aliphatic heterocycles. The highest BCUT2D eigenvalue weighted by Crippen LogP contribution is 1.91. The number of quaternary nitrogens is 1. The van der Waals surface area contributed by atoms with E-state index in [1.807, 2.05) is 0 Å². The second kappa shape index (κ2) is 7.32. The van der Waals surface area contributed by atoms with Crippen LogP contribution in [0.4, 0.5) is 0 Å². The van der Waals surface area contributed by atoms with E-state index in [9.17, 15) is 4.79 Å². The van der Waals surface area contributed by atoms with Crippen molar-refractivity contribution in [3.8, 4) is 0 Å². The molecular formula is C9H19IN2O. The maximum Gasteiger partial charge on any atom is 0.243 e. The van der Waals surface area contributed by atoms with Crippen molar-refractivity contribution in [3.05, 3.63) is 12.7 Å². The first kappa shape index (κ1) is 15.4.